The Morgan fingerprint density at radius 1 is 0.661 bits per heavy atom. The molecule has 4 rings (SSSR count). The van der Waals surface area contributed by atoms with Gasteiger partial charge >= 0.3 is 24.1 Å². The minimum Gasteiger partial charge on any atom is -0.492 e. The standard InChI is InChI=1S/C22H30N2O8.C20H28N4O6/c1-22(2,3)32-21(28)23-10-11-31-15-6-7-16-14(12-15)13-24(19(16)26)17(20(27)30-5)8-9-18(25)29-4;1-20(2,3)30-19(28)23-8-9-29-13-4-5-14-12(10-13)11-24(18(14)27)15(17(22)26)6-7-16(21)25/h6-7,12,17H,8-11,13H2,1-5H3,(H,23,28);4-5,10,15H,6-9,11H2,1-3H3,(H2,21,25)(H2,22,26)(H,23,28). The van der Waals surface area contributed by atoms with Crippen molar-refractivity contribution in [1.82, 2.24) is 20.4 Å². The molecule has 6 amide bonds. The lowest BCUT2D eigenvalue weighted by Crippen LogP contribution is -2.45. The van der Waals surface area contributed by atoms with Crippen LogP contribution in [-0.2, 0) is 51.2 Å². The van der Waals surface area contributed by atoms with E-state index < -0.39 is 59.2 Å². The van der Waals surface area contributed by atoms with Crippen LogP contribution in [0.2, 0.25) is 0 Å². The van der Waals surface area contributed by atoms with Gasteiger partial charge in [0.05, 0.1) is 27.3 Å². The lowest BCUT2D eigenvalue weighted by Gasteiger charge is -2.25. The van der Waals surface area contributed by atoms with Crippen molar-refractivity contribution in [2.75, 3.05) is 40.5 Å². The van der Waals surface area contributed by atoms with Crippen molar-refractivity contribution < 1.29 is 66.8 Å². The third-order valence-electron chi connectivity index (χ3n) is 8.96. The molecular formula is C42H58N6O14. The SMILES string of the molecule is CC(C)(C)OC(=O)NCCOc1ccc2c(c1)CN(C(CCC(N)=O)C(N)=O)C2=O.COC(=O)CCC(C(=O)OC)N1Cc2cc(OCCNC(=O)OC(C)(C)C)ccc2C1=O. The number of rotatable bonds is 18. The summed E-state index contributed by atoms with van der Waals surface area (Å²) in [6.45, 7) is 11.9. The van der Waals surface area contributed by atoms with E-state index >= 15 is 0 Å². The highest BCUT2D eigenvalue weighted by atomic mass is 16.6. The largest absolute Gasteiger partial charge is 0.492 e. The van der Waals surface area contributed by atoms with E-state index in [0.29, 0.717) is 33.8 Å². The number of amides is 6. The van der Waals surface area contributed by atoms with E-state index in [2.05, 4.69) is 15.4 Å². The van der Waals surface area contributed by atoms with Crippen molar-refractivity contribution in [3.8, 4) is 11.5 Å². The summed E-state index contributed by atoms with van der Waals surface area (Å²) in [5.41, 5.74) is 11.7. The zero-order valence-electron chi connectivity index (χ0n) is 36.5. The summed E-state index contributed by atoms with van der Waals surface area (Å²) in [6.07, 6.45) is -0.961. The second-order valence-corrected chi connectivity index (χ2v) is 16.1. The smallest absolute Gasteiger partial charge is 0.407 e. The molecule has 2 aromatic rings. The second kappa shape index (κ2) is 22.3. The summed E-state index contributed by atoms with van der Waals surface area (Å²) in [4.78, 5) is 98.0. The van der Waals surface area contributed by atoms with Gasteiger partial charge in [-0.15, -0.1) is 0 Å². The number of methoxy groups -OCH3 is 2. The predicted molar refractivity (Wildman–Crippen MR) is 221 cm³/mol. The average molecular weight is 871 g/mol. The number of nitrogens with zero attached hydrogens (tertiary/aromatic N) is 2. The van der Waals surface area contributed by atoms with Crippen LogP contribution in [-0.4, -0.2) is 121 Å². The molecule has 0 fully saturated rings. The fourth-order valence-electron chi connectivity index (χ4n) is 6.22. The van der Waals surface area contributed by atoms with Gasteiger partial charge in [-0.2, -0.15) is 0 Å². The molecule has 2 unspecified atom stereocenters. The fourth-order valence-corrected chi connectivity index (χ4v) is 6.22. The van der Waals surface area contributed by atoms with Gasteiger partial charge in [-0.05, 0) is 102 Å². The Kier molecular flexibility index (Phi) is 17.9. The van der Waals surface area contributed by atoms with Crippen LogP contribution in [0.5, 0.6) is 11.5 Å². The number of esters is 2. The number of alkyl carbamates (subject to hydrolysis) is 2. The summed E-state index contributed by atoms with van der Waals surface area (Å²) in [5.74, 6) is -1.95. The molecule has 0 radical (unpaired) electrons. The van der Waals surface area contributed by atoms with Crippen molar-refractivity contribution in [2.45, 2.75) is 104 Å². The highest BCUT2D eigenvalue weighted by Gasteiger charge is 2.38. The molecule has 62 heavy (non-hydrogen) atoms. The minimum atomic E-state index is -0.917. The molecule has 20 heteroatoms. The van der Waals surface area contributed by atoms with Gasteiger partial charge in [0.15, 0.2) is 0 Å². The van der Waals surface area contributed by atoms with Gasteiger partial charge < -0.3 is 60.3 Å². The zero-order valence-corrected chi connectivity index (χ0v) is 36.5. The van der Waals surface area contributed by atoms with Crippen molar-refractivity contribution >= 4 is 47.8 Å². The van der Waals surface area contributed by atoms with Gasteiger partial charge in [-0.3, -0.25) is 24.0 Å². The molecule has 20 nitrogen and oxygen atoms in total. The minimum absolute atomic E-state index is 0.0185. The van der Waals surface area contributed by atoms with Gasteiger partial charge in [-0.1, -0.05) is 0 Å². The number of hydrogen-bond acceptors (Lipinski definition) is 14. The molecule has 6 N–H and O–H groups in total. The molecule has 2 aliphatic heterocycles. The molecule has 2 atom stereocenters. The number of nitrogens with one attached hydrogen (secondary N) is 2. The first-order valence-corrected chi connectivity index (χ1v) is 19.8. The van der Waals surface area contributed by atoms with Gasteiger partial charge in [0, 0.05) is 37.1 Å². The van der Waals surface area contributed by atoms with Crippen LogP contribution in [0, 0.1) is 0 Å². The molecule has 2 aliphatic rings. The van der Waals surface area contributed by atoms with Crippen LogP contribution in [0.15, 0.2) is 36.4 Å². The van der Waals surface area contributed by atoms with Crippen LogP contribution in [0.3, 0.4) is 0 Å². The Labute approximate surface area is 360 Å². The fraction of sp³-hybridized carbons (Fsp3) is 0.524. The number of benzene rings is 2. The number of primary amides is 2. The second-order valence-electron chi connectivity index (χ2n) is 16.1. The Morgan fingerprint density at radius 3 is 1.48 bits per heavy atom. The van der Waals surface area contributed by atoms with Crippen LogP contribution in [0.25, 0.3) is 0 Å². The Morgan fingerprint density at radius 2 is 1.10 bits per heavy atom. The van der Waals surface area contributed by atoms with E-state index in [4.69, 9.17) is 35.2 Å². The first kappa shape index (κ1) is 49.8. The summed E-state index contributed by atoms with van der Waals surface area (Å²) in [7, 11) is 2.50. The van der Waals surface area contributed by atoms with Crippen LogP contribution < -0.4 is 31.6 Å². The van der Waals surface area contributed by atoms with Gasteiger partial charge in [0.25, 0.3) is 11.8 Å². The highest BCUT2D eigenvalue weighted by Crippen LogP contribution is 2.31. The topological polar surface area (TPSA) is 275 Å². The molecule has 2 heterocycles. The van der Waals surface area contributed by atoms with Crippen LogP contribution in [0.1, 0.15) is 99.1 Å². The van der Waals surface area contributed by atoms with Gasteiger partial charge in [0.2, 0.25) is 11.8 Å². The third kappa shape index (κ3) is 15.5. The number of carbonyl (C=O) groups is 8. The lowest BCUT2D eigenvalue weighted by atomic mass is 10.1. The van der Waals surface area contributed by atoms with E-state index in [1.165, 1.54) is 24.0 Å². The first-order valence-electron chi connectivity index (χ1n) is 19.8. The predicted octanol–water partition coefficient (Wildman–Crippen LogP) is 2.71. The molecular weight excluding hydrogens is 812 g/mol. The van der Waals surface area contributed by atoms with E-state index in [-0.39, 0.29) is 76.9 Å². The van der Waals surface area contributed by atoms with Crippen molar-refractivity contribution in [3.05, 3.63) is 58.7 Å². The number of hydrogen-bond donors (Lipinski definition) is 4. The monoisotopic (exact) mass is 870 g/mol. The molecule has 2 aromatic carbocycles. The van der Waals surface area contributed by atoms with Crippen LogP contribution in [0.4, 0.5) is 9.59 Å². The zero-order chi connectivity index (χ0) is 46.4. The Hall–Kier alpha value is -6.60. The maximum atomic E-state index is 12.8. The van der Waals surface area contributed by atoms with Gasteiger partial charge in [0.1, 0.15) is 48.0 Å². The third-order valence-corrected chi connectivity index (χ3v) is 8.96. The van der Waals surface area contributed by atoms with E-state index in [1.807, 2.05) is 0 Å². The maximum absolute atomic E-state index is 12.8. The van der Waals surface area contributed by atoms with Crippen molar-refractivity contribution in [1.29, 1.82) is 0 Å². The summed E-state index contributed by atoms with van der Waals surface area (Å²) in [5, 5.41) is 5.19. The number of carbonyl (C=O) groups excluding carboxylic acids is 8. The number of ether oxygens (including phenoxy) is 6. The van der Waals surface area contributed by atoms with Gasteiger partial charge in [-0.25, -0.2) is 14.4 Å². The molecule has 0 saturated carbocycles. The van der Waals surface area contributed by atoms with E-state index in [9.17, 15) is 38.4 Å². The van der Waals surface area contributed by atoms with E-state index in [1.54, 1.807) is 77.9 Å². The summed E-state index contributed by atoms with van der Waals surface area (Å²) < 4.78 is 31.0. The van der Waals surface area contributed by atoms with Crippen LogP contribution >= 0.6 is 0 Å². The summed E-state index contributed by atoms with van der Waals surface area (Å²) >= 11 is 0. The first-order chi connectivity index (χ1) is 29.0. The molecule has 0 bridgehead atoms. The highest BCUT2D eigenvalue weighted by molar-refractivity contribution is 6.02. The number of fused-ring (bicyclic) bond motifs is 2. The summed E-state index contributed by atoms with van der Waals surface area (Å²) in [6, 6.07) is 8.12. The average Bonchev–Trinajstić information content (AvgIpc) is 3.68. The van der Waals surface area contributed by atoms with Crippen molar-refractivity contribution in [3.63, 3.8) is 0 Å². The quantitative estimate of drug-likeness (QED) is 0.0953. The molecule has 340 valence electrons. The van der Waals surface area contributed by atoms with Crippen molar-refractivity contribution in [2.24, 2.45) is 11.5 Å². The molecule has 0 spiro atoms. The van der Waals surface area contributed by atoms with E-state index in [0.717, 1.165) is 0 Å². The maximum Gasteiger partial charge on any atom is 0.407 e. The number of nitrogens with two attached hydrogens (primary N) is 2. The normalized spacial score (nSPS) is 13.9. The Bertz CT molecular complexity index is 1970. The lowest BCUT2D eigenvalue weighted by molar-refractivity contribution is -0.147. The Balaban J connectivity index is 0.000000331. The molecule has 0 aromatic heterocycles. The molecule has 0 aliphatic carbocycles. The molecule has 0 saturated heterocycles.